The van der Waals surface area contributed by atoms with Gasteiger partial charge in [-0.05, 0) is 88.9 Å². The number of hydrogen-bond acceptors (Lipinski definition) is 4. The van der Waals surface area contributed by atoms with E-state index in [9.17, 15) is 14.7 Å². The summed E-state index contributed by atoms with van der Waals surface area (Å²) in [4.78, 5) is 25.2. The van der Waals surface area contributed by atoms with Crippen molar-refractivity contribution in [2.75, 3.05) is 6.61 Å². The van der Waals surface area contributed by atoms with E-state index in [1.807, 2.05) is 26.8 Å². The molecule has 5 aliphatic rings. The monoisotopic (exact) mass is 416 g/mol. The van der Waals surface area contributed by atoms with Gasteiger partial charge >= 0.3 is 11.9 Å². The molecule has 0 aromatic heterocycles. The Balaban J connectivity index is 1.55. The molecule has 1 heterocycles. The molecule has 5 fully saturated rings. The number of rotatable bonds is 3. The fourth-order valence-electron chi connectivity index (χ4n) is 8.81. The van der Waals surface area contributed by atoms with Crippen molar-refractivity contribution in [2.24, 2.45) is 34.0 Å². The Morgan fingerprint density at radius 3 is 2.47 bits per heavy atom. The second-order valence-corrected chi connectivity index (χ2v) is 11.4. The Bertz CT molecular complexity index is 812. The smallest absolute Gasteiger partial charge is 0.333 e. The maximum Gasteiger partial charge on any atom is 0.333 e. The molecule has 1 N–H and O–H groups in total. The first-order valence-electron chi connectivity index (χ1n) is 11.9. The Kier molecular flexibility index (Phi) is 4.34. The quantitative estimate of drug-likeness (QED) is 0.408. The zero-order chi connectivity index (χ0) is 21.5. The predicted octanol–water partition coefficient (Wildman–Crippen LogP) is 4.74. The largest absolute Gasteiger partial charge is 0.481 e. The SMILES string of the molecule is C/C=C(/C)C(=O)O[C@@H]1[C@@]23CC[C@H]4[C@@](C)(CCC[C@@]4(C)C(=O)O)[C@@H]2CC[C@H](C3)[C@]12CO2. The molecule has 5 heteroatoms. The lowest BCUT2D eigenvalue weighted by atomic mass is 9.40. The predicted molar refractivity (Wildman–Crippen MR) is 112 cm³/mol. The topological polar surface area (TPSA) is 76.1 Å². The molecule has 0 radical (unpaired) electrons. The summed E-state index contributed by atoms with van der Waals surface area (Å²) in [7, 11) is 0. The summed E-state index contributed by atoms with van der Waals surface area (Å²) >= 11 is 0. The summed E-state index contributed by atoms with van der Waals surface area (Å²) < 4.78 is 12.4. The highest BCUT2D eigenvalue weighted by Gasteiger charge is 2.78. The summed E-state index contributed by atoms with van der Waals surface area (Å²) in [6, 6.07) is 0. The van der Waals surface area contributed by atoms with E-state index in [-0.39, 0.29) is 34.4 Å². The van der Waals surface area contributed by atoms with Crippen molar-refractivity contribution in [1.29, 1.82) is 0 Å². The fourth-order valence-corrected chi connectivity index (χ4v) is 8.81. The summed E-state index contributed by atoms with van der Waals surface area (Å²) in [5.41, 5.74) is -0.366. The molecule has 2 bridgehead atoms. The molecule has 5 nitrogen and oxygen atoms in total. The van der Waals surface area contributed by atoms with Gasteiger partial charge in [-0.3, -0.25) is 4.79 Å². The molecule has 166 valence electrons. The number of carbonyl (C=O) groups excluding carboxylic acids is 1. The van der Waals surface area contributed by atoms with E-state index in [0.717, 1.165) is 51.4 Å². The summed E-state index contributed by atoms with van der Waals surface area (Å²) in [5.74, 6) is 0.194. The third-order valence-corrected chi connectivity index (χ3v) is 10.4. The van der Waals surface area contributed by atoms with Crippen molar-refractivity contribution in [1.82, 2.24) is 0 Å². The van der Waals surface area contributed by atoms with Gasteiger partial charge in [0.25, 0.3) is 0 Å². The van der Waals surface area contributed by atoms with Gasteiger partial charge in [-0.25, -0.2) is 4.79 Å². The zero-order valence-corrected chi connectivity index (χ0v) is 18.8. The second-order valence-electron chi connectivity index (χ2n) is 11.4. The second kappa shape index (κ2) is 6.34. The van der Waals surface area contributed by atoms with Crippen LogP contribution in [0.5, 0.6) is 0 Å². The minimum atomic E-state index is -0.647. The molecule has 0 unspecified atom stereocenters. The van der Waals surface area contributed by atoms with Crippen LogP contribution in [-0.2, 0) is 19.1 Å². The molecule has 4 aliphatic carbocycles. The Morgan fingerprint density at radius 2 is 1.83 bits per heavy atom. The van der Waals surface area contributed by atoms with Crippen LogP contribution in [0.15, 0.2) is 11.6 Å². The lowest BCUT2D eigenvalue weighted by Gasteiger charge is -2.63. The van der Waals surface area contributed by atoms with Crippen molar-refractivity contribution in [2.45, 2.75) is 90.8 Å². The van der Waals surface area contributed by atoms with Crippen molar-refractivity contribution in [3.63, 3.8) is 0 Å². The van der Waals surface area contributed by atoms with Crippen LogP contribution in [-0.4, -0.2) is 35.4 Å². The van der Waals surface area contributed by atoms with Gasteiger partial charge in [-0.2, -0.15) is 0 Å². The third-order valence-electron chi connectivity index (χ3n) is 10.4. The molecule has 0 aromatic rings. The van der Waals surface area contributed by atoms with E-state index < -0.39 is 11.4 Å². The van der Waals surface area contributed by atoms with Gasteiger partial charge in [0, 0.05) is 11.0 Å². The number of aliphatic carboxylic acids is 1. The van der Waals surface area contributed by atoms with Gasteiger partial charge < -0.3 is 14.6 Å². The maximum atomic E-state index is 12.8. The van der Waals surface area contributed by atoms with E-state index >= 15 is 0 Å². The molecule has 30 heavy (non-hydrogen) atoms. The Hall–Kier alpha value is -1.36. The number of esters is 1. The van der Waals surface area contributed by atoms with E-state index in [1.165, 1.54) is 0 Å². The van der Waals surface area contributed by atoms with Gasteiger partial charge in [-0.1, -0.05) is 19.4 Å². The summed E-state index contributed by atoms with van der Waals surface area (Å²) in [5, 5.41) is 10.1. The molecule has 0 aromatic carbocycles. The number of ether oxygens (including phenoxy) is 2. The van der Waals surface area contributed by atoms with E-state index in [4.69, 9.17) is 9.47 Å². The Morgan fingerprint density at radius 1 is 1.10 bits per heavy atom. The third kappa shape index (κ3) is 2.39. The van der Waals surface area contributed by atoms with Crippen molar-refractivity contribution in [3.05, 3.63) is 11.6 Å². The molecule has 0 amide bonds. The number of carbonyl (C=O) groups is 2. The van der Waals surface area contributed by atoms with Crippen LogP contribution in [0.2, 0.25) is 0 Å². The molecule has 4 saturated carbocycles. The van der Waals surface area contributed by atoms with Crippen LogP contribution in [0.1, 0.15) is 79.1 Å². The maximum absolute atomic E-state index is 12.8. The first-order chi connectivity index (χ1) is 14.1. The van der Waals surface area contributed by atoms with Gasteiger partial charge in [0.15, 0.2) is 0 Å². The Labute approximate surface area is 179 Å². The van der Waals surface area contributed by atoms with Crippen molar-refractivity contribution < 1.29 is 24.2 Å². The van der Waals surface area contributed by atoms with Gasteiger partial charge in [0.2, 0.25) is 0 Å². The van der Waals surface area contributed by atoms with Crippen LogP contribution in [0.3, 0.4) is 0 Å². The molecular formula is C25H36O5. The standard InChI is InChI=1S/C25H36O5/c1-5-15(2)19(26)30-20-24-12-9-17-22(3,10-6-11-23(17,4)21(27)28)18(24)8-7-16(13-24)25(20)14-29-25/h5,16-18,20H,6-14H2,1-4H3,(H,27,28)/b15-5-/t16-,17+,18+,20-,22-,23-,24-,25-/m1/s1. The minimum absolute atomic E-state index is 0.0185. The normalized spacial score (nSPS) is 51.8. The van der Waals surface area contributed by atoms with Gasteiger partial charge in [0.05, 0.1) is 12.0 Å². The van der Waals surface area contributed by atoms with Crippen LogP contribution < -0.4 is 0 Å². The first kappa shape index (κ1) is 20.5. The average molecular weight is 417 g/mol. The molecule has 1 saturated heterocycles. The van der Waals surface area contributed by atoms with Crippen LogP contribution in [0.25, 0.3) is 0 Å². The van der Waals surface area contributed by atoms with Crippen molar-refractivity contribution >= 4 is 11.9 Å². The van der Waals surface area contributed by atoms with Crippen LogP contribution >= 0.6 is 0 Å². The average Bonchev–Trinajstić information content (AvgIpc) is 3.49. The number of carboxylic acid groups (broad SMARTS) is 1. The summed E-state index contributed by atoms with van der Waals surface area (Å²) in [6.07, 6.45) is 9.59. The first-order valence-corrected chi connectivity index (χ1v) is 11.9. The molecule has 5 rings (SSSR count). The number of carboxylic acids is 1. The minimum Gasteiger partial charge on any atom is -0.481 e. The molecule has 2 spiro atoms. The highest BCUT2D eigenvalue weighted by Crippen LogP contribution is 2.75. The fraction of sp³-hybridized carbons (Fsp3) is 0.840. The summed E-state index contributed by atoms with van der Waals surface area (Å²) in [6.45, 7) is 8.73. The highest BCUT2D eigenvalue weighted by molar-refractivity contribution is 5.88. The van der Waals surface area contributed by atoms with Crippen LogP contribution in [0.4, 0.5) is 0 Å². The van der Waals surface area contributed by atoms with Gasteiger partial charge in [0.1, 0.15) is 11.7 Å². The van der Waals surface area contributed by atoms with Crippen LogP contribution in [0, 0.1) is 34.0 Å². The number of allylic oxidation sites excluding steroid dienone is 1. The molecular weight excluding hydrogens is 380 g/mol. The van der Waals surface area contributed by atoms with Gasteiger partial charge in [-0.15, -0.1) is 0 Å². The van der Waals surface area contributed by atoms with E-state index in [0.29, 0.717) is 24.0 Å². The lowest BCUT2D eigenvalue weighted by Crippen LogP contribution is -2.61. The number of hydrogen-bond donors (Lipinski definition) is 1. The molecule has 8 atom stereocenters. The lowest BCUT2D eigenvalue weighted by molar-refractivity contribution is -0.199. The zero-order valence-electron chi connectivity index (χ0n) is 18.8. The highest BCUT2D eigenvalue weighted by atomic mass is 16.6. The van der Waals surface area contributed by atoms with E-state index in [2.05, 4.69) is 6.92 Å². The van der Waals surface area contributed by atoms with Crippen molar-refractivity contribution in [3.8, 4) is 0 Å². The molecule has 1 aliphatic heterocycles. The number of epoxide rings is 1. The number of fused-ring (bicyclic) bond motifs is 4. The van der Waals surface area contributed by atoms with E-state index in [1.54, 1.807) is 0 Å².